The molecular formula is C24H18N4OS. The molecule has 0 aliphatic rings. The smallest absolute Gasteiger partial charge is 0.234 e. The maximum absolute atomic E-state index is 12.5. The third-order valence-corrected chi connectivity index (χ3v) is 5.55. The average Bonchev–Trinajstić information content (AvgIpc) is 2.78. The third kappa shape index (κ3) is 4.32. The predicted molar refractivity (Wildman–Crippen MR) is 120 cm³/mol. The second-order valence-corrected chi connectivity index (χ2v) is 7.65. The maximum atomic E-state index is 12.5. The van der Waals surface area contributed by atoms with E-state index < -0.39 is 0 Å². The van der Waals surface area contributed by atoms with Gasteiger partial charge in [0.15, 0.2) is 5.82 Å². The molecule has 0 bridgehead atoms. The van der Waals surface area contributed by atoms with E-state index in [4.69, 9.17) is 0 Å². The Bertz CT molecular complexity index is 1270. The molecule has 1 aromatic heterocycles. The summed E-state index contributed by atoms with van der Waals surface area (Å²) in [5.41, 5.74) is 2.61. The molecule has 5 nitrogen and oxygen atoms in total. The molecule has 0 saturated carbocycles. The number of nitrogens with one attached hydrogen (secondary N) is 1. The van der Waals surface area contributed by atoms with Gasteiger partial charge in [0, 0.05) is 11.3 Å². The van der Waals surface area contributed by atoms with Crippen LogP contribution in [0.15, 0.2) is 77.8 Å². The second kappa shape index (κ2) is 8.76. The minimum absolute atomic E-state index is 0.145. The number of nitriles is 1. The van der Waals surface area contributed by atoms with Crippen LogP contribution in [0, 0.1) is 18.3 Å². The number of hydrogen-bond donors (Lipinski definition) is 1. The zero-order valence-electron chi connectivity index (χ0n) is 16.3. The lowest BCUT2D eigenvalue weighted by Gasteiger charge is -2.09. The molecule has 1 amide bonds. The van der Waals surface area contributed by atoms with Crippen molar-refractivity contribution < 1.29 is 4.79 Å². The highest BCUT2D eigenvalue weighted by molar-refractivity contribution is 8.00. The molecule has 4 rings (SSSR count). The van der Waals surface area contributed by atoms with Crippen molar-refractivity contribution in [1.29, 1.82) is 5.26 Å². The van der Waals surface area contributed by atoms with Gasteiger partial charge in [-0.1, -0.05) is 72.4 Å². The van der Waals surface area contributed by atoms with Gasteiger partial charge in [-0.15, -0.1) is 0 Å². The van der Waals surface area contributed by atoms with E-state index in [-0.39, 0.29) is 11.7 Å². The summed E-state index contributed by atoms with van der Waals surface area (Å²) < 4.78 is 0. The van der Waals surface area contributed by atoms with E-state index in [1.807, 2.05) is 72.8 Å². The minimum Gasteiger partial charge on any atom is -0.325 e. The number of rotatable bonds is 5. The lowest BCUT2D eigenvalue weighted by atomic mass is 10.1. The molecule has 1 N–H and O–H groups in total. The Morgan fingerprint density at radius 3 is 2.50 bits per heavy atom. The first-order valence-electron chi connectivity index (χ1n) is 9.39. The van der Waals surface area contributed by atoms with Crippen LogP contribution in [0.2, 0.25) is 0 Å². The van der Waals surface area contributed by atoms with Crippen LogP contribution >= 0.6 is 11.8 Å². The van der Waals surface area contributed by atoms with Gasteiger partial charge in [-0.2, -0.15) is 5.26 Å². The van der Waals surface area contributed by atoms with Crippen molar-refractivity contribution in [2.24, 2.45) is 0 Å². The van der Waals surface area contributed by atoms with Gasteiger partial charge in [-0.05, 0) is 29.8 Å². The Balaban J connectivity index is 1.51. The zero-order valence-corrected chi connectivity index (χ0v) is 17.1. The molecule has 0 radical (unpaired) electrons. The minimum atomic E-state index is -0.156. The summed E-state index contributed by atoms with van der Waals surface area (Å²) >= 11 is 1.24. The average molecular weight is 411 g/mol. The maximum Gasteiger partial charge on any atom is 0.234 e. The van der Waals surface area contributed by atoms with Crippen molar-refractivity contribution >= 4 is 34.1 Å². The van der Waals surface area contributed by atoms with Crippen LogP contribution in [0.4, 0.5) is 5.69 Å². The summed E-state index contributed by atoms with van der Waals surface area (Å²) in [4.78, 5) is 21.5. The van der Waals surface area contributed by atoms with Crippen molar-refractivity contribution in [3.05, 3.63) is 84.1 Å². The Morgan fingerprint density at radius 1 is 1.00 bits per heavy atom. The molecular weight excluding hydrogens is 392 g/mol. The number of aromatic nitrogens is 2. The summed E-state index contributed by atoms with van der Waals surface area (Å²) in [5.74, 6) is 0.535. The van der Waals surface area contributed by atoms with E-state index in [0.29, 0.717) is 22.1 Å². The van der Waals surface area contributed by atoms with Crippen LogP contribution in [0.1, 0.15) is 11.3 Å². The highest BCUT2D eigenvalue weighted by Crippen LogP contribution is 2.26. The van der Waals surface area contributed by atoms with Crippen LogP contribution in [-0.2, 0) is 4.79 Å². The summed E-state index contributed by atoms with van der Waals surface area (Å²) in [5, 5.41) is 15.1. The first kappa shape index (κ1) is 19.6. The van der Waals surface area contributed by atoms with Crippen molar-refractivity contribution in [3.8, 4) is 17.5 Å². The van der Waals surface area contributed by atoms with Crippen LogP contribution in [-0.4, -0.2) is 21.6 Å². The quantitative estimate of drug-likeness (QED) is 0.361. The summed E-state index contributed by atoms with van der Waals surface area (Å²) in [7, 11) is 0. The van der Waals surface area contributed by atoms with Gasteiger partial charge in [0.1, 0.15) is 16.7 Å². The number of nitrogens with zero attached hydrogens (tertiary/aromatic N) is 3. The zero-order chi connectivity index (χ0) is 20.9. The molecule has 30 heavy (non-hydrogen) atoms. The van der Waals surface area contributed by atoms with Crippen LogP contribution < -0.4 is 5.32 Å². The van der Waals surface area contributed by atoms with Gasteiger partial charge in [0.25, 0.3) is 0 Å². The summed E-state index contributed by atoms with van der Waals surface area (Å²) in [6.45, 7) is 1.78. The van der Waals surface area contributed by atoms with Gasteiger partial charge < -0.3 is 5.32 Å². The summed E-state index contributed by atoms with van der Waals surface area (Å²) in [6.07, 6.45) is 0. The number of thioether (sulfide) groups is 1. The lowest BCUT2D eigenvalue weighted by Crippen LogP contribution is -2.14. The van der Waals surface area contributed by atoms with E-state index in [2.05, 4.69) is 21.4 Å². The molecule has 0 fully saturated rings. The predicted octanol–water partition coefficient (Wildman–Crippen LogP) is 5.21. The topological polar surface area (TPSA) is 78.7 Å². The number of carbonyl (C=O) groups is 1. The first-order valence-corrected chi connectivity index (χ1v) is 10.4. The monoisotopic (exact) mass is 410 g/mol. The number of fused-ring (bicyclic) bond motifs is 1. The first-order chi connectivity index (χ1) is 14.6. The van der Waals surface area contributed by atoms with Gasteiger partial charge in [0.05, 0.1) is 11.4 Å². The number of amides is 1. The largest absolute Gasteiger partial charge is 0.325 e. The van der Waals surface area contributed by atoms with Gasteiger partial charge in [0.2, 0.25) is 5.91 Å². The van der Waals surface area contributed by atoms with E-state index in [0.717, 1.165) is 22.0 Å². The van der Waals surface area contributed by atoms with Crippen molar-refractivity contribution in [2.45, 2.75) is 11.9 Å². The molecule has 3 aromatic carbocycles. The van der Waals surface area contributed by atoms with Crippen molar-refractivity contribution in [1.82, 2.24) is 9.97 Å². The molecule has 0 unspecified atom stereocenters. The highest BCUT2D eigenvalue weighted by atomic mass is 32.2. The number of anilines is 1. The Hall–Kier alpha value is -3.69. The van der Waals surface area contributed by atoms with E-state index in [1.165, 1.54) is 11.8 Å². The van der Waals surface area contributed by atoms with E-state index in [9.17, 15) is 10.1 Å². The second-order valence-electron chi connectivity index (χ2n) is 6.69. The fraction of sp³-hybridized carbons (Fsp3) is 0.0833. The van der Waals surface area contributed by atoms with Gasteiger partial charge in [-0.3, -0.25) is 4.79 Å². The fourth-order valence-corrected chi connectivity index (χ4v) is 3.92. The SMILES string of the molecule is Cc1nc(-c2ccccc2)nc(SCC(=O)Nc2ccc3ccccc3c2)c1C#N. The Labute approximate surface area is 178 Å². The molecule has 4 aromatic rings. The third-order valence-electron chi connectivity index (χ3n) is 4.57. The van der Waals surface area contributed by atoms with Crippen LogP contribution in [0.25, 0.3) is 22.2 Å². The van der Waals surface area contributed by atoms with Crippen molar-refractivity contribution in [3.63, 3.8) is 0 Å². The molecule has 0 atom stereocenters. The number of carbonyl (C=O) groups excluding carboxylic acids is 1. The molecule has 0 saturated heterocycles. The number of hydrogen-bond acceptors (Lipinski definition) is 5. The normalized spacial score (nSPS) is 10.5. The lowest BCUT2D eigenvalue weighted by molar-refractivity contribution is -0.113. The molecule has 6 heteroatoms. The molecule has 0 spiro atoms. The fourth-order valence-electron chi connectivity index (χ4n) is 3.09. The molecule has 146 valence electrons. The van der Waals surface area contributed by atoms with Crippen LogP contribution in [0.3, 0.4) is 0 Å². The molecule has 0 aliphatic carbocycles. The number of aryl methyl sites for hydroxylation is 1. The van der Waals surface area contributed by atoms with Gasteiger partial charge >= 0.3 is 0 Å². The highest BCUT2D eigenvalue weighted by Gasteiger charge is 2.15. The van der Waals surface area contributed by atoms with Crippen molar-refractivity contribution in [2.75, 3.05) is 11.1 Å². The van der Waals surface area contributed by atoms with E-state index in [1.54, 1.807) is 6.92 Å². The van der Waals surface area contributed by atoms with Gasteiger partial charge in [-0.25, -0.2) is 9.97 Å². The van der Waals surface area contributed by atoms with Crippen LogP contribution in [0.5, 0.6) is 0 Å². The number of benzene rings is 3. The van der Waals surface area contributed by atoms with E-state index >= 15 is 0 Å². The Morgan fingerprint density at radius 2 is 1.73 bits per heavy atom. The Kier molecular flexibility index (Phi) is 5.73. The standard InChI is InChI=1S/C24H18N4OS/c1-16-21(14-25)24(28-23(26-16)18-8-3-2-4-9-18)30-15-22(29)27-20-12-11-17-7-5-6-10-19(17)13-20/h2-13H,15H2,1H3,(H,27,29). The molecule has 0 aliphatic heterocycles. The molecule has 1 heterocycles. The summed E-state index contributed by atoms with van der Waals surface area (Å²) in [6, 6.07) is 25.5.